The summed E-state index contributed by atoms with van der Waals surface area (Å²) < 4.78 is 5.78. The highest BCUT2D eigenvalue weighted by molar-refractivity contribution is 5.20. The fourth-order valence-corrected chi connectivity index (χ4v) is 2.29. The molecule has 0 N–H and O–H groups in total. The van der Waals surface area contributed by atoms with Gasteiger partial charge in [0.15, 0.2) is 0 Å². The number of para-hydroxylation sites is 1. The Labute approximate surface area is 119 Å². The minimum absolute atomic E-state index is 0.663. The van der Waals surface area contributed by atoms with Crippen LogP contribution < -0.4 is 4.74 Å². The van der Waals surface area contributed by atoms with Crippen molar-refractivity contribution in [1.29, 1.82) is 0 Å². The van der Waals surface area contributed by atoms with Gasteiger partial charge in [0.25, 0.3) is 0 Å². The Hall–Kier alpha value is -0.980. The second kappa shape index (κ2) is 10.9. The van der Waals surface area contributed by atoms with E-state index in [9.17, 15) is 0 Å². The van der Waals surface area contributed by atoms with Gasteiger partial charge in [-0.15, -0.1) is 0 Å². The molecule has 0 bridgehead atoms. The van der Waals surface area contributed by atoms with Gasteiger partial charge in [-0.25, -0.2) is 0 Å². The average Bonchev–Trinajstić information content (AvgIpc) is 2.45. The first-order chi connectivity index (χ1) is 9.33. The van der Waals surface area contributed by atoms with Crippen LogP contribution in [0.15, 0.2) is 30.3 Å². The molecule has 0 saturated heterocycles. The van der Waals surface area contributed by atoms with Gasteiger partial charge in [-0.3, -0.25) is 0 Å². The molecule has 0 radical (unpaired) electrons. The van der Waals surface area contributed by atoms with E-state index in [-0.39, 0.29) is 0 Å². The predicted molar refractivity (Wildman–Crippen MR) is 83.7 cm³/mol. The molecule has 0 saturated carbocycles. The second-order valence-electron chi connectivity index (χ2n) is 5.64. The van der Waals surface area contributed by atoms with Crippen LogP contribution in [-0.4, -0.2) is 6.61 Å². The van der Waals surface area contributed by atoms with Gasteiger partial charge in [-0.1, -0.05) is 77.0 Å². The maximum Gasteiger partial charge on any atom is 0.119 e. The molecular weight excluding hydrogens is 232 g/mol. The van der Waals surface area contributed by atoms with Crippen LogP contribution in [0.3, 0.4) is 0 Å². The van der Waals surface area contributed by atoms with Crippen LogP contribution in [0.5, 0.6) is 5.75 Å². The Morgan fingerprint density at radius 2 is 1.53 bits per heavy atom. The Morgan fingerprint density at radius 1 is 0.895 bits per heavy atom. The fourth-order valence-electron chi connectivity index (χ4n) is 2.29. The maximum absolute atomic E-state index is 5.78. The van der Waals surface area contributed by atoms with E-state index < -0.39 is 0 Å². The zero-order valence-electron chi connectivity index (χ0n) is 12.7. The monoisotopic (exact) mass is 262 g/mol. The minimum Gasteiger partial charge on any atom is -0.493 e. The van der Waals surface area contributed by atoms with Gasteiger partial charge in [-0.05, 0) is 24.5 Å². The number of benzene rings is 1. The molecule has 1 atom stereocenters. The number of ether oxygens (including phenoxy) is 1. The summed E-state index contributed by atoms with van der Waals surface area (Å²) in [5.41, 5.74) is 0. The van der Waals surface area contributed by atoms with E-state index >= 15 is 0 Å². The molecule has 0 heterocycles. The lowest BCUT2D eigenvalue weighted by Crippen LogP contribution is -2.08. The number of unbranched alkanes of at least 4 members (excludes halogenated alkanes) is 6. The standard InChI is InChI=1S/C18H30O/c1-3-4-5-6-7-8-10-13-17(2)16-19-18-14-11-9-12-15-18/h9,11-12,14-15,17H,3-8,10,13,16H2,1-2H3. The van der Waals surface area contributed by atoms with Crippen molar-refractivity contribution >= 4 is 0 Å². The summed E-state index contributed by atoms with van der Waals surface area (Å²) in [7, 11) is 0. The zero-order valence-corrected chi connectivity index (χ0v) is 12.7. The van der Waals surface area contributed by atoms with Gasteiger partial charge in [0.2, 0.25) is 0 Å². The third-order valence-electron chi connectivity index (χ3n) is 3.58. The first-order valence-electron chi connectivity index (χ1n) is 8.00. The third kappa shape index (κ3) is 8.69. The summed E-state index contributed by atoms with van der Waals surface area (Å²) >= 11 is 0. The Morgan fingerprint density at radius 3 is 2.21 bits per heavy atom. The molecule has 108 valence electrons. The molecule has 1 nitrogen and oxygen atoms in total. The van der Waals surface area contributed by atoms with E-state index in [2.05, 4.69) is 13.8 Å². The van der Waals surface area contributed by atoms with Gasteiger partial charge in [-0.2, -0.15) is 0 Å². The molecule has 1 aromatic carbocycles. The molecule has 1 heteroatoms. The summed E-state index contributed by atoms with van der Waals surface area (Å²) in [5, 5.41) is 0. The molecule has 0 aliphatic heterocycles. The van der Waals surface area contributed by atoms with Gasteiger partial charge < -0.3 is 4.74 Å². The Balaban J connectivity index is 1.95. The molecule has 1 unspecified atom stereocenters. The van der Waals surface area contributed by atoms with Gasteiger partial charge >= 0.3 is 0 Å². The molecule has 0 amide bonds. The van der Waals surface area contributed by atoms with Crippen molar-refractivity contribution in [3.05, 3.63) is 30.3 Å². The average molecular weight is 262 g/mol. The number of hydrogen-bond acceptors (Lipinski definition) is 1. The highest BCUT2D eigenvalue weighted by Crippen LogP contribution is 2.15. The van der Waals surface area contributed by atoms with Crippen molar-refractivity contribution in [3.63, 3.8) is 0 Å². The molecule has 0 spiro atoms. The van der Waals surface area contributed by atoms with Crippen molar-refractivity contribution < 1.29 is 4.74 Å². The van der Waals surface area contributed by atoms with Crippen LogP contribution in [0.2, 0.25) is 0 Å². The van der Waals surface area contributed by atoms with E-state index in [1.165, 1.54) is 51.4 Å². The molecule has 1 rings (SSSR count). The highest BCUT2D eigenvalue weighted by atomic mass is 16.5. The van der Waals surface area contributed by atoms with Gasteiger partial charge in [0, 0.05) is 0 Å². The van der Waals surface area contributed by atoms with E-state index in [4.69, 9.17) is 4.74 Å². The lowest BCUT2D eigenvalue weighted by molar-refractivity contribution is 0.249. The van der Waals surface area contributed by atoms with Crippen molar-refractivity contribution in [3.8, 4) is 5.75 Å². The van der Waals surface area contributed by atoms with Crippen LogP contribution in [0, 0.1) is 5.92 Å². The smallest absolute Gasteiger partial charge is 0.119 e. The van der Waals surface area contributed by atoms with Crippen molar-refractivity contribution in [2.45, 2.75) is 65.2 Å². The first kappa shape index (κ1) is 16.1. The van der Waals surface area contributed by atoms with Gasteiger partial charge in [0.05, 0.1) is 6.61 Å². The third-order valence-corrected chi connectivity index (χ3v) is 3.58. The van der Waals surface area contributed by atoms with E-state index in [1.54, 1.807) is 0 Å². The SMILES string of the molecule is CCCCCCCCCC(C)COc1ccccc1. The normalized spacial score (nSPS) is 12.3. The molecule has 0 aliphatic rings. The molecule has 0 aromatic heterocycles. The topological polar surface area (TPSA) is 9.23 Å². The van der Waals surface area contributed by atoms with Crippen LogP contribution in [0.4, 0.5) is 0 Å². The Bertz CT molecular complexity index is 294. The summed E-state index contributed by atoms with van der Waals surface area (Å²) in [6, 6.07) is 10.1. The fraction of sp³-hybridized carbons (Fsp3) is 0.667. The maximum atomic E-state index is 5.78. The quantitative estimate of drug-likeness (QED) is 0.455. The number of rotatable bonds is 11. The molecule has 1 aromatic rings. The predicted octanol–water partition coefficient (Wildman–Crippen LogP) is 5.84. The van der Waals surface area contributed by atoms with Crippen molar-refractivity contribution in [1.82, 2.24) is 0 Å². The molecule has 0 aliphatic carbocycles. The van der Waals surface area contributed by atoms with Crippen molar-refractivity contribution in [2.24, 2.45) is 5.92 Å². The van der Waals surface area contributed by atoms with Crippen LogP contribution in [0.25, 0.3) is 0 Å². The van der Waals surface area contributed by atoms with Crippen LogP contribution in [-0.2, 0) is 0 Å². The second-order valence-corrected chi connectivity index (χ2v) is 5.64. The minimum atomic E-state index is 0.663. The van der Waals surface area contributed by atoms with E-state index in [1.807, 2.05) is 30.3 Å². The van der Waals surface area contributed by atoms with Crippen molar-refractivity contribution in [2.75, 3.05) is 6.61 Å². The Kier molecular flexibility index (Phi) is 9.22. The largest absolute Gasteiger partial charge is 0.493 e. The highest BCUT2D eigenvalue weighted by Gasteiger charge is 2.03. The molecular formula is C18H30O. The lowest BCUT2D eigenvalue weighted by atomic mass is 10.0. The summed E-state index contributed by atoms with van der Waals surface area (Å²) in [4.78, 5) is 0. The summed E-state index contributed by atoms with van der Waals surface area (Å²) in [5.74, 6) is 1.66. The number of hydrogen-bond donors (Lipinski definition) is 0. The molecule has 0 fully saturated rings. The molecule has 19 heavy (non-hydrogen) atoms. The lowest BCUT2D eigenvalue weighted by Gasteiger charge is -2.12. The summed E-state index contributed by atoms with van der Waals surface area (Å²) in [6.07, 6.45) is 11.0. The first-order valence-corrected chi connectivity index (χ1v) is 8.00. The van der Waals surface area contributed by atoms with Crippen LogP contribution >= 0.6 is 0 Å². The summed E-state index contributed by atoms with van der Waals surface area (Å²) in [6.45, 7) is 5.41. The van der Waals surface area contributed by atoms with E-state index in [0.29, 0.717) is 5.92 Å². The van der Waals surface area contributed by atoms with E-state index in [0.717, 1.165) is 12.4 Å². The zero-order chi connectivity index (χ0) is 13.8. The van der Waals surface area contributed by atoms with Gasteiger partial charge in [0.1, 0.15) is 5.75 Å². The van der Waals surface area contributed by atoms with Crippen LogP contribution in [0.1, 0.15) is 65.2 Å².